The highest BCUT2D eigenvalue weighted by Gasteiger charge is 2.23. The summed E-state index contributed by atoms with van der Waals surface area (Å²) in [7, 11) is 3.99. The van der Waals surface area contributed by atoms with Crippen LogP contribution < -0.4 is 0 Å². The molecule has 0 aromatic heterocycles. The summed E-state index contributed by atoms with van der Waals surface area (Å²) in [6.45, 7) is 4.61. The van der Waals surface area contributed by atoms with Crippen LogP contribution in [0.15, 0.2) is 0 Å². The third-order valence-electron chi connectivity index (χ3n) is 2.59. The summed E-state index contributed by atoms with van der Waals surface area (Å²) in [4.78, 5) is 2.37. The van der Waals surface area contributed by atoms with Crippen molar-refractivity contribution < 1.29 is 4.74 Å². The Morgan fingerprint density at radius 2 is 2.18 bits per heavy atom. The van der Waals surface area contributed by atoms with Gasteiger partial charge in [-0.2, -0.15) is 0 Å². The van der Waals surface area contributed by atoms with E-state index in [2.05, 4.69) is 18.9 Å². The zero-order valence-corrected chi connectivity index (χ0v) is 7.84. The molecule has 1 rings (SSSR count). The Bertz CT molecular complexity index is 104. The lowest BCUT2D eigenvalue weighted by molar-refractivity contribution is 0.0162. The smallest absolute Gasteiger partial charge is 0.0701 e. The van der Waals surface area contributed by atoms with E-state index in [-0.39, 0.29) is 0 Å². The van der Waals surface area contributed by atoms with E-state index in [1.54, 1.807) is 0 Å². The molecule has 0 radical (unpaired) electrons. The van der Waals surface area contributed by atoms with Crippen LogP contribution in [0.3, 0.4) is 0 Å². The van der Waals surface area contributed by atoms with Crippen LogP contribution in [-0.2, 0) is 4.74 Å². The molecule has 2 unspecified atom stereocenters. The van der Waals surface area contributed by atoms with E-state index in [0.29, 0.717) is 6.10 Å². The molecule has 0 spiro atoms. The molecule has 66 valence electrons. The monoisotopic (exact) mass is 157 g/mol. The first-order valence-corrected chi connectivity index (χ1v) is 4.47. The van der Waals surface area contributed by atoms with Crippen molar-refractivity contribution in [2.24, 2.45) is 5.92 Å². The van der Waals surface area contributed by atoms with Crippen LogP contribution in [0, 0.1) is 5.92 Å². The zero-order chi connectivity index (χ0) is 8.27. The molecule has 1 aliphatic heterocycles. The standard InChI is InChI=1S/C9H19NO/c1-4-8-5-9(11-3)7-10(2)6-8/h8-9H,4-7H2,1-3H3. The molecule has 11 heavy (non-hydrogen) atoms. The van der Waals surface area contributed by atoms with Crippen molar-refractivity contribution in [3.8, 4) is 0 Å². The number of ether oxygens (including phenoxy) is 1. The molecule has 1 aliphatic rings. The average Bonchev–Trinajstić information content (AvgIpc) is 2.03. The fraction of sp³-hybridized carbons (Fsp3) is 1.00. The van der Waals surface area contributed by atoms with E-state index in [4.69, 9.17) is 4.74 Å². The third-order valence-corrected chi connectivity index (χ3v) is 2.59. The van der Waals surface area contributed by atoms with Crippen LogP contribution in [0.4, 0.5) is 0 Å². The number of hydrogen-bond donors (Lipinski definition) is 0. The first kappa shape index (κ1) is 9.01. The summed E-state index contributed by atoms with van der Waals surface area (Å²) in [5, 5.41) is 0. The number of nitrogens with zero attached hydrogens (tertiary/aromatic N) is 1. The van der Waals surface area contributed by atoms with E-state index in [1.807, 2.05) is 7.11 Å². The lowest BCUT2D eigenvalue weighted by atomic mass is 9.94. The minimum absolute atomic E-state index is 0.471. The number of rotatable bonds is 2. The van der Waals surface area contributed by atoms with Gasteiger partial charge >= 0.3 is 0 Å². The van der Waals surface area contributed by atoms with Gasteiger partial charge in [-0.3, -0.25) is 0 Å². The molecule has 0 aromatic rings. The fourth-order valence-electron chi connectivity index (χ4n) is 1.85. The molecule has 2 nitrogen and oxygen atoms in total. The van der Waals surface area contributed by atoms with Crippen molar-refractivity contribution in [2.75, 3.05) is 27.2 Å². The van der Waals surface area contributed by atoms with Crippen LogP contribution in [0.25, 0.3) is 0 Å². The summed E-state index contributed by atoms with van der Waals surface area (Å²) < 4.78 is 5.35. The molecular formula is C9H19NO. The molecule has 0 N–H and O–H groups in total. The van der Waals surface area contributed by atoms with Crippen LogP contribution >= 0.6 is 0 Å². The number of piperidine rings is 1. The van der Waals surface area contributed by atoms with Gasteiger partial charge in [-0.1, -0.05) is 13.3 Å². The van der Waals surface area contributed by atoms with E-state index >= 15 is 0 Å². The maximum absolute atomic E-state index is 5.35. The first-order chi connectivity index (χ1) is 5.26. The fourth-order valence-corrected chi connectivity index (χ4v) is 1.85. The van der Waals surface area contributed by atoms with E-state index in [9.17, 15) is 0 Å². The van der Waals surface area contributed by atoms with Gasteiger partial charge in [-0.15, -0.1) is 0 Å². The van der Waals surface area contributed by atoms with E-state index in [1.165, 1.54) is 19.4 Å². The second-order valence-electron chi connectivity index (χ2n) is 3.59. The van der Waals surface area contributed by atoms with Gasteiger partial charge in [0.2, 0.25) is 0 Å². The van der Waals surface area contributed by atoms with Crippen molar-refractivity contribution in [2.45, 2.75) is 25.9 Å². The van der Waals surface area contributed by atoms with Crippen molar-refractivity contribution in [1.29, 1.82) is 0 Å². The lowest BCUT2D eigenvalue weighted by Gasteiger charge is -2.34. The highest BCUT2D eigenvalue weighted by molar-refractivity contribution is 4.76. The number of methoxy groups -OCH3 is 1. The second kappa shape index (κ2) is 4.07. The quantitative estimate of drug-likeness (QED) is 0.600. The summed E-state index contributed by atoms with van der Waals surface area (Å²) in [6, 6.07) is 0. The van der Waals surface area contributed by atoms with Crippen LogP contribution in [0.1, 0.15) is 19.8 Å². The van der Waals surface area contributed by atoms with Gasteiger partial charge in [-0.25, -0.2) is 0 Å². The molecule has 1 heterocycles. The number of hydrogen-bond acceptors (Lipinski definition) is 2. The molecule has 0 bridgehead atoms. The summed E-state index contributed by atoms with van der Waals surface area (Å²) in [5.74, 6) is 0.846. The number of likely N-dealkylation sites (tertiary alicyclic amines) is 1. The molecular weight excluding hydrogens is 138 g/mol. The maximum Gasteiger partial charge on any atom is 0.0701 e. The predicted octanol–water partition coefficient (Wildman–Crippen LogP) is 1.36. The van der Waals surface area contributed by atoms with E-state index in [0.717, 1.165) is 12.5 Å². The second-order valence-corrected chi connectivity index (χ2v) is 3.59. The van der Waals surface area contributed by atoms with Gasteiger partial charge in [0.1, 0.15) is 0 Å². The van der Waals surface area contributed by atoms with Gasteiger partial charge in [0.05, 0.1) is 6.10 Å². The molecule has 2 heteroatoms. The normalized spacial score (nSPS) is 34.1. The Balaban J connectivity index is 2.37. The molecule has 1 saturated heterocycles. The Hall–Kier alpha value is -0.0800. The van der Waals surface area contributed by atoms with Crippen molar-refractivity contribution in [3.63, 3.8) is 0 Å². The van der Waals surface area contributed by atoms with Gasteiger partial charge in [0.15, 0.2) is 0 Å². The minimum Gasteiger partial charge on any atom is -0.380 e. The lowest BCUT2D eigenvalue weighted by Crippen LogP contribution is -2.41. The Kier molecular flexibility index (Phi) is 3.34. The van der Waals surface area contributed by atoms with Crippen molar-refractivity contribution in [3.05, 3.63) is 0 Å². The Labute approximate surface area is 69.5 Å². The molecule has 0 amide bonds. The molecule has 0 aromatic carbocycles. The average molecular weight is 157 g/mol. The van der Waals surface area contributed by atoms with Gasteiger partial charge in [0.25, 0.3) is 0 Å². The maximum atomic E-state index is 5.35. The van der Waals surface area contributed by atoms with Crippen LogP contribution in [0.5, 0.6) is 0 Å². The highest BCUT2D eigenvalue weighted by atomic mass is 16.5. The summed E-state index contributed by atoms with van der Waals surface area (Å²) in [6.07, 6.45) is 3.00. The third kappa shape index (κ3) is 2.46. The topological polar surface area (TPSA) is 12.5 Å². The van der Waals surface area contributed by atoms with Crippen molar-refractivity contribution >= 4 is 0 Å². The zero-order valence-electron chi connectivity index (χ0n) is 7.84. The van der Waals surface area contributed by atoms with Gasteiger partial charge in [-0.05, 0) is 19.4 Å². The molecule has 2 atom stereocenters. The minimum atomic E-state index is 0.471. The van der Waals surface area contributed by atoms with Crippen LogP contribution in [-0.4, -0.2) is 38.3 Å². The summed E-state index contributed by atoms with van der Waals surface area (Å²) in [5.41, 5.74) is 0. The number of likely N-dealkylation sites (N-methyl/N-ethyl adjacent to an activating group) is 1. The largest absolute Gasteiger partial charge is 0.380 e. The Morgan fingerprint density at radius 3 is 2.73 bits per heavy atom. The van der Waals surface area contributed by atoms with Gasteiger partial charge < -0.3 is 9.64 Å². The Morgan fingerprint density at radius 1 is 1.45 bits per heavy atom. The van der Waals surface area contributed by atoms with E-state index < -0.39 is 0 Å². The first-order valence-electron chi connectivity index (χ1n) is 4.47. The van der Waals surface area contributed by atoms with Crippen molar-refractivity contribution in [1.82, 2.24) is 4.90 Å². The molecule has 1 fully saturated rings. The highest BCUT2D eigenvalue weighted by Crippen LogP contribution is 2.19. The van der Waals surface area contributed by atoms with Crippen LogP contribution in [0.2, 0.25) is 0 Å². The SMILES string of the molecule is CCC1CC(OC)CN(C)C1. The molecule has 0 saturated carbocycles. The van der Waals surface area contributed by atoms with Gasteiger partial charge in [0, 0.05) is 20.2 Å². The summed E-state index contributed by atoms with van der Waals surface area (Å²) >= 11 is 0. The predicted molar refractivity (Wildman–Crippen MR) is 46.7 cm³/mol. The molecule has 0 aliphatic carbocycles.